The second-order valence-corrected chi connectivity index (χ2v) is 8.39. The van der Waals surface area contributed by atoms with Crippen LogP contribution in [0.2, 0.25) is 0 Å². The van der Waals surface area contributed by atoms with E-state index in [0.717, 1.165) is 5.56 Å². The first-order valence-corrected chi connectivity index (χ1v) is 10.9. The fourth-order valence-electron chi connectivity index (χ4n) is 2.85. The van der Waals surface area contributed by atoms with Crippen LogP contribution in [-0.4, -0.2) is 33.0 Å². The lowest BCUT2D eigenvalue weighted by atomic mass is 10.1. The van der Waals surface area contributed by atoms with Gasteiger partial charge in [0.05, 0.1) is 5.69 Å². The Kier molecular flexibility index (Phi) is 7.04. The molecule has 0 spiro atoms. The molecule has 0 saturated heterocycles. The Morgan fingerprint density at radius 2 is 1.81 bits per heavy atom. The van der Waals surface area contributed by atoms with Crippen molar-refractivity contribution in [2.24, 2.45) is 5.73 Å². The highest BCUT2D eigenvalue weighted by molar-refractivity contribution is 7.89. The molecule has 32 heavy (non-hydrogen) atoms. The third-order valence-corrected chi connectivity index (χ3v) is 5.81. The number of nitrogens with zero attached hydrogens (tertiary/aromatic N) is 2. The molecule has 10 heteroatoms. The van der Waals surface area contributed by atoms with Gasteiger partial charge in [-0.25, -0.2) is 18.1 Å². The van der Waals surface area contributed by atoms with Gasteiger partial charge in [0.2, 0.25) is 15.9 Å². The molecule has 164 valence electrons. The van der Waals surface area contributed by atoms with E-state index < -0.39 is 22.5 Å². The summed E-state index contributed by atoms with van der Waals surface area (Å²) in [4.78, 5) is 15.1. The molecular weight excluding hydrogens is 432 g/mol. The Morgan fingerprint density at radius 1 is 1.12 bits per heavy atom. The summed E-state index contributed by atoms with van der Waals surface area (Å²) in [5.74, 6) is -0.677. The second kappa shape index (κ2) is 9.91. The van der Waals surface area contributed by atoms with E-state index >= 15 is 0 Å². The van der Waals surface area contributed by atoms with Crippen molar-refractivity contribution in [1.29, 1.82) is 5.26 Å². The first-order valence-electron chi connectivity index (χ1n) is 9.41. The second-order valence-electron chi connectivity index (χ2n) is 6.53. The summed E-state index contributed by atoms with van der Waals surface area (Å²) < 4.78 is 38.5. The average Bonchev–Trinajstić information content (AvgIpc) is 2.81. The van der Waals surface area contributed by atoms with Gasteiger partial charge in [-0.05, 0) is 30.8 Å². The van der Waals surface area contributed by atoms with Crippen molar-refractivity contribution in [1.82, 2.24) is 9.71 Å². The summed E-state index contributed by atoms with van der Waals surface area (Å²) >= 11 is 0. The molecule has 0 aliphatic heterocycles. The topological polar surface area (TPSA) is 144 Å². The maximum absolute atomic E-state index is 12.6. The van der Waals surface area contributed by atoms with Gasteiger partial charge < -0.3 is 15.2 Å². The number of amides is 1. The number of para-hydroxylation sites is 1. The van der Waals surface area contributed by atoms with Crippen LogP contribution in [0.25, 0.3) is 11.3 Å². The number of nitriles is 1. The number of aromatic nitrogens is 1. The van der Waals surface area contributed by atoms with Gasteiger partial charge in [-0.2, -0.15) is 5.26 Å². The van der Waals surface area contributed by atoms with E-state index in [1.165, 1.54) is 13.1 Å². The molecule has 3 N–H and O–H groups in total. The number of nitrogens with two attached hydrogens (primary N) is 1. The van der Waals surface area contributed by atoms with Gasteiger partial charge in [0.1, 0.15) is 28.9 Å². The molecule has 0 atom stereocenters. The lowest BCUT2D eigenvalue weighted by Crippen LogP contribution is -2.23. The smallest absolute Gasteiger partial charge is 0.255 e. The molecule has 1 aromatic heterocycles. The van der Waals surface area contributed by atoms with Crippen LogP contribution < -0.4 is 19.9 Å². The van der Waals surface area contributed by atoms with Crippen LogP contribution >= 0.6 is 0 Å². The van der Waals surface area contributed by atoms with E-state index in [1.54, 1.807) is 30.3 Å². The summed E-state index contributed by atoms with van der Waals surface area (Å²) in [6, 6.07) is 19.5. The molecule has 0 radical (unpaired) electrons. The molecule has 3 rings (SSSR count). The quantitative estimate of drug-likeness (QED) is 0.505. The van der Waals surface area contributed by atoms with Crippen molar-refractivity contribution in [2.75, 3.05) is 13.7 Å². The number of pyridine rings is 1. The van der Waals surface area contributed by atoms with Crippen LogP contribution in [0, 0.1) is 11.3 Å². The highest BCUT2D eigenvalue weighted by Crippen LogP contribution is 2.34. The average molecular weight is 452 g/mol. The number of hydrogen-bond donors (Lipinski definition) is 2. The van der Waals surface area contributed by atoms with Crippen LogP contribution in [0.15, 0.2) is 65.6 Å². The monoisotopic (exact) mass is 452 g/mol. The SMILES string of the molecule is CNS(=O)(=O)c1cc(-c2ccccc2OCc2ccccc2)nc(OCC(N)=O)c1C#N. The van der Waals surface area contributed by atoms with E-state index in [2.05, 4.69) is 9.71 Å². The minimum absolute atomic E-state index is 0.181. The van der Waals surface area contributed by atoms with Crippen molar-refractivity contribution >= 4 is 15.9 Å². The van der Waals surface area contributed by atoms with Gasteiger partial charge in [-0.3, -0.25) is 4.79 Å². The highest BCUT2D eigenvalue weighted by Gasteiger charge is 2.25. The summed E-state index contributed by atoms with van der Waals surface area (Å²) in [5, 5.41) is 9.55. The Hall–Kier alpha value is -3.94. The Morgan fingerprint density at radius 3 is 2.47 bits per heavy atom. The number of benzene rings is 2. The summed E-state index contributed by atoms with van der Waals surface area (Å²) in [7, 11) is -2.83. The standard InChI is InChI=1S/C22H20N4O5S/c1-25-32(28,29)20-11-18(26-22(17(20)12-23)31-14-21(24)27)16-9-5-6-10-19(16)30-13-15-7-3-2-4-8-15/h2-11,25H,13-14H2,1H3,(H2,24,27). The molecule has 9 nitrogen and oxygen atoms in total. The largest absolute Gasteiger partial charge is 0.488 e. The van der Waals surface area contributed by atoms with Crippen molar-refractivity contribution in [3.63, 3.8) is 0 Å². The van der Waals surface area contributed by atoms with Crippen molar-refractivity contribution in [3.05, 3.63) is 71.8 Å². The molecule has 0 unspecified atom stereocenters. The number of primary amides is 1. The molecule has 2 aromatic carbocycles. The van der Waals surface area contributed by atoms with E-state index in [9.17, 15) is 18.5 Å². The predicted octanol–water partition coefficient (Wildman–Crippen LogP) is 1.97. The molecule has 0 aliphatic carbocycles. The van der Waals surface area contributed by atoms with Gasteiger partial charge >= 0.3 is 0 Å². The third kappa shape index (κ3) is 5.21. The number of nitrogens with one attached hydrogen (secondary N) is 1. The Balaban J connectivity index is 2.11. The molecule has 1 heterocycles. The molecule has 0 saturated carbocycles. The van der Waals surface area contributed by atoms with E-state index in [-0.39, 0.29) is 28.6 Å². The minimum Gasteiger partial charge on any atom is -0.488 e. The predicted molar refractivity (Wildman–Crippen MR) is 116 cm³/mol. The molecule has 0 bridgehead atoms. The number of hydrogen-bond acceptors (Lipinski definition) is 7. The van der Waals surface area contributed by atoms with Gasteiger partial charge in [0.25, 0.3) is 5.91 Å². The zero-order valence-electron chi connectivity index (χ0n) is 17.1. The summed E-state index contributed by atoms with van der Waals surface area (Å²) in [5.41, 5.74) is 6.39. The molecule has 1 amide bonds. The van der Waals surface area contributed by atoms with Gasteiger partial charge in [0.15, 0.2) is 6.61 Å². The maximum atomic E-state index is 12.6. The van der Waals surface area contributed by atoms with E-state index in [0.29, 0.717) is 11.3 Å². The van der Waals surface area contributed by atoms with Gasteiger partial charge in [0, 0.05) is 5.56 Å². The molecular formula is C22H20N4O5S. The first kappa shape index (κ1) is 22.7. The van der Waals surface area contributed by atoms with Crippen LogP contribution in [0.5, 0.6) is 11.6 Å². The number of carbonyl (C=O) groups excluding carboxylic acids is 1. The van der Waals surface area contributed by atoms with Crippen molar-refractivity contribution in [2.45, 2.75) is 11.5 Å². The van der Waals surface area contributed by atoms with Crippen molar-refractivity contribution in [3.8, 4) is 29.0 Å². The first-order chi connectivity index (χ1) is 15.4. The van der Waals surface area contributed by atoms with Crippen LogP contribution in [0.3, 0.4) is 0 Å². The normalized spacial score (nSPS) is 10.9. The van der Waals surface area contributed by atoms with E-state index in [4.69, 9.17) is 15.2 Å². The molecule has 0 fully saturated rings. The summed E-state index contributed by atoms with van der Waals surface area (Å²) in [6.07, 6.45) is 0. The van der Waals surface area contributed by atoms with Crippen LogP contribution in [0.1, 0.15) is 11.1 Å². The summed E-state index contributed by atoms with van der Waals surface area (Å²) in [6.45, 7) is -0.294. The lowest BCUT2D eigenvalue weighted by Gasteiger charge is -2.15. The fourth-order valence-corrected chi connectivity index (χ4v) is 3.73. The number of ether oxygens (including phenoxy) is 2. The third-order valence-electron chi connectivity index (χ3n) is 4.37. The maximum Gasteiger partial charge on any atom is 0.255 e. The zero-order valence-corrected chi connectivity index (χ0v) is 17.9. The fraction of sp³-hybridized carbons (Fsp3) is 0.136. The number of rotatable bonds is 9. The van der Waals surface area contributed by atoms with E-state index in [1.807, 2.05) is 30.3 Å². The van der Waals surface area contributed by atoms with Crippen molar-refractivity contribution < 1.29 is 22.7 Å². The Bertz CT molecular complexity index is 1270. The Labute approximate surface area is 185 Å². The number of sulfonamides is 1. The molecule has 0 aliphatic rings. The van der Waals surface area contributed by atoms with Crippen LogP contribution in [0.4, 0.5) is 0 Å². The molecule has 3 aromatic rings. The van der Waals surface area contributed by atoms with Gasteiger partial charge in [-0.1, -0.05) is 42.5 Å². The highest BCUT2D eigenvalue weighted by atomic mass is 32.2. The minimum atomic E-state index is -4.05. The number of carbonyl (C=O) groups is 1. The lowest BCUT2D eigenvalue weighted by molar-refractivity contribution is -0.120. The zero-order chi connectivity index (χ0) is 23.1. The van der Waals surface area contributed by atoms with Crippen LogP contribution in [-0.2, 0) is 21.4 Å². The van der Waals surface area contributed by atoms with Gasteiger partial charge in [-0.15, -0.1) is 0 Å².